The van der Waals surface area contributed by atoms with E-state index in [-0.39, 0.29) is 12.1 Å². The van der Waals surface area contributed by atoms with Crippen molar-refractivity contribution in [3.8, 4) is 16.9 Å². The molecule has 1 fully saturated rings. The number of aromatic amines is 1. The van der Waals surface area contributed by atoms with Crippen LogP contribution in [0.5, 0.6) is 0 Å². The molecule has 0 aromatic carbocycles. The molecule has 1 N–H and O–H groups in total. The van der Waals surface area contributed by atoms with Gasteiger partial charge in [-0.15, -0.1) is 0 Å². The van der Waals surface area contributed by atoms with E-state index < -0.39 is 12.1 Å². The van der Waals surface area contributed by atoms with Gasteiger partial charge < -0.3 is 9.88 Å². The van der Waals surface area contributed by atoms with Gasteiger partial charge in [0.25, 0.3) is 0 Å². The fourth-order valence-corrected chi connectivity index (χ4v) is 4.09. The summed E-state index contributed by atoms with van der Waals surface area (Å²) in [7, 11) is 1.98. The summed E-state index contributed by atoms with van der Waals surface area (Å²) in [6, 6.07) is 4.91. The van der Waals surface area contributed by atoms with Crippen LogP contribution in [0.3, 0.4) is 0 Å². The van der Waals surface area contributed by atoms with Gasteiger partial charge in [0, 0.05) is 62.4 Å². The number of fused-ring (bicyclic) bond motifs is 1. The third-order valence-corrected chi connectivity index (χ3v) is 6.05. The molecule has 0 aliphatic carbocycles. The van der Waals surface area contributed by atoms with Gasteiger partial charge in [-0.05, 0) is 24.7 Å². The Morgan fingerprint density at radius 1 is 1.03 bits per heavy atom. The molecule has 0 radical (unpaired) electrons. The largest absolute Gasteiger partial charge is 0.397 e. The lowest BCUT2D eigenvalue weighted by molar-refractivity contribution is -0.155. The van der Waals surface area contributed by atoms with E-state index in [1.165, 1.54) is 12.3 Å². The lowest BCUT2D eigenvalue weighted by atomic mass is 9.99. The van der Waals surface area contributed by atoms with Crippen LogP contribution in [0.4, 0.5) is 13.2 Å². The molecule has 4 aromatic rings. The highest BCUT2D eigenvalue weighted by molar-refractivity contribution is 5.88. The molecular weight excluding hydrogens is 433 g/mol. The van der Waals surface area contributed by atoms with Crippen LogP contribution in [0.25, 0.3) is 28.1 Å². The number of likely N-dealkylation sites (N-methyl/N-ethyl adjacent to an activating group) is 1. The quantitative estimate of drug-likeness (QED) is 0.497. The molecule has 11 heteroatoms. The van der Waals surface area contributed by atoms with Gasteiger partial charge in [-0.3, -0.25) is 4.90 Å². The zero-order valence-corrected chi connectivity index (χ0v) is 18.0. The molecule has 0 saturated carbocycles. The van der Waals surface area contributed by atoms with E-state index in [0.29, 0.717) is 24.6 Å². The number of H-pyrrole nitrogens is 1. The fourth-order valence-electron chi connectivity index (χ4n) is 4.09. The average Bonchev–Trinajstić information content (AvgIpc) is 3.48. The van der Waals surface area contributed by atoms with Crippen LogP contribution in [-0.2, 0) is 0 Å². The highest BCUT2D eigenvalue weighted by Gasteiger charge is 2.42. The van der Waals surface area contributed by atoms with Crippen molar-refractivity contribution in [1.29, 1.82) is 0 Å². The molecule has 5 heterocycles. The summed E-state index contributed by atoms with van der Waals surface area (Å²) in [6.45, 7) is 2.73. The Hall–Kier alpha value is -3.31. The molecule has 1 saturated heterocycles. The Morgan fingerprint density at radius 2 is 1.85 bits per heavy atom. The predicted octanol–water partition coefficient (Wildman–Crippen LogP) is 3.10. The molecule has 1 atom stereocenters. The number of piperazine rings is 1. The third kappa shape index (κ3) is 4.46. The van der Waals surface area contributed by atoms with Crippen molar-refractivity contribution in [1.82, 2.24) is 39.5 Å². The van der Waals surface area contributed by atoms with Gasteiger partial charge in [0.2, 0.25) is 0 Å². The second-order valence-electron chi connectivity index (χ2n) is 8.28. The predicted molar refractivity (Wildman–Crippen MR) is 117 cm³/mol. The number of hydrogen-bond donors (Lipinski definition) is 1. The van der Waals surface area contributed by atoms with Crippen LogP contribution in [0, 0.1) is 0 Å². The number of hydrogen-bond acceptors (Lipinski definition) is 6. The number of alkyl halides is 3. The summed E-state index contributed by atoms with van der Waals surface area (Å²) in [5.41, 5.74) is 3.21. The van der Waals surface area contributed by atoms with E-state index in [9.17, 15) is 13.2 Å². The molecule has 1 aliphatic rings. The molecular formula is C22H23F3N8. The second-order valence-corrected chi connectivity index (χ2v) is 8.28. The van der Waals surface area contributed by atoms with Crippen LogP contribution < -0.4 is 0 Å². The lowest BCUT2D eigenvalue weighted by Gasteiger charge is -2.35. The molecule has 4 aromatic heterocycles. The van der Waals surface area contributed by atoms with Crippen LogP contribution in [0.1, 0.15) is 11.5 Å². The summed E-state index contributed by atoms with van der Waals surface area (Å²) in [6.07, 6.45) is 3.66. The van der Waals surface area contributed by atoms with Crippen molar-refractivity contribution >= 4 is 11.2 Å². The van der Waals surface area contributed by atoms with Crippen LogP contribution in [-0.4, -0.2) is 85.5 Å². The molecule has 8 nitrogen and oxygen atoms in total. The average molecular weight is 456 g/mol. The maximum Gasteiger partial charge on any atom is 0.397 e. The molecule has 0 spiro atoms. The maximum atomic E-state index is 13.9. The van der Waals surface area contributed by atoms with Gasteiger partial charge >= 0.3 is 6.18 Å². The Kier molecular flexibility index (Phi) is 5.59. The first-order valence-electron chi connectivity index (χ1n) is 10.7. The molecule has 1 aliphatic heterocycles. The van der Waals surface area contributed by atoms with Gasteiger partial charge in [-0.25, -0.2) is 19.6 Å². The van der Waals surface area contributed by atoms with Crippen LogP contribution in [0.15, 0.2) is 49.3 Å². The molecule has 5 rings (SSSR count). The van der Waals surface area contributed by atoms with Crippen molar-refractivity contribution in [3.05, 3.63) is 54.9 Å². The smallest absolute Gasteiger partial charge is 0.329 e. The monoisotopic (exact) mass is 456 g/mol. The summed E-state index contributed by atoms with van der Waals surface area (Å²) in [5.74, 6) is -1.14. The minimum absolute atomic E-state index is 0.0635. The van der Waals surface area contributed by atoms with Gasteiger partial charge in [0.1, 0.15) is 5.52 Å². The Morgan fingerprint density at radius 3 is 2.58 bits per heavy atom. The second kappa shape index (κ2) is 8.56. The molecule has 0 bridgehead atoms. The van der Waals surface area contributed by atoms with Crippen LogP contribution in [0.2, 0.25) is 0 Å². The zero-order chi connectivity index (χ0) is 23.0. The van der Waals surface area contributed by atoms with E-state index in [1.54, 1.807) is 35.7 Å². The molecule has 0 amide bonds. The van der Waals surface area contributed by atoms with E-state index in [4.69, 9.17) is 0 Å². The topological polar surface area (TPSA) is 78.8 Å². The standard InChI is InChI=1S/C22H23F3N8/c1-31-6-8-32(9-7-31)13-18(22(23,24)25)15-2-3-19(27-10-15)33-12-16(11-30-33)17-4-5-26-21-20(17)28-14-29-21/h2-5,10-12,14,18H,6-9,13H2,1H3,(H,26,28,29). The van der Waals surface area contributed by atoms with Crippen molar-refractivity contribution in [2.75, 3.05) is 39.8 Å². The van der Waals surface area contributed by atoms with Crippen molar-refractivity contribution in [3.63, 3.8) is 0 Å². The number of nitrogens with one attached hydrogen (secondary N) is 1. The van der Waals surface area contributed by atoms with E-state index in [1.807, 2.05) is 18.0 Å². The first kappa shape index (κ1) is 21.5. The minimum Gasteiger partial charge on any atom is -0.329 e. The number of pyridine rings is 2. The fraction of sp³-hybridized carbons (Fsp3) is 0.364. The first-order chi connectivity index (χ1) is 15.9. The highest BCUT2D eigenvalue weighted by atomic mass is 19.4. The van der Waals surface area contributed by atoms with Gasteiger partial charge in [-0.1, -0.05) is 6.07 Å². The number of rotatable bonds is 5. The van der Waals surface area contributed by atoms with Gasteiger partial charge in [0.15, 0.2) is 11.5 Å². The summed E-state index contributed by atoms with van der Waals surface area (Å²) < 4.78 is 43.1. The maximum absolute atomic E-state index is 13.9. The highest BCUT2D eigenvalue weighted by Crippen LogP contribution is 2.35. The van der Waals surface area contributed by atoms with E-state index >= 15 is 0 Å². The normalized spacial score (nSPS) is 17.0. The third-order valence-electron chi connectivity index (χ3n) is 6.05. The SMILES string of the molecule is CN1CCN(CC(c2ccc(-n3cc(-c4ccnc5[nH]cnc45)cn3)nc2)C(F)(F)F)CC1. The van der Waals surface area contributed by atoms with E-state index in [0.717, 1.165) is 29.7 Å². The van der Waals surface area contributed by atoms with Gasteiger partial charge in [0.05, 0.1) is 18.4 Å². The Balaban J connectivity index is 1.37. The Bertz CT molecular complexity index is 1220. The van der Waals surface area contributed by atoms with E-state index in [2.05, 4.69) is 29.9 Å². The summed E-state index contributed by atoms with van der Waals surface area (Å²) in [5, 5.41) is 4.34. The number of halogens is 3. The summed E-state index contributed by atoms with van der Waals surface area (Å²) >= 11 is 0. The molecule has 1 unspecified atom stereocenters. The van der Waals surface area contributed by atoms with Crippen LogP contribution >= 0.6 is 0 Å². The number of aromatic nitrogens is 6. The Labute approximate surface area is 188 Å². The van der Waals surface area contributed by atoms with Crippen molar-refractivity contribution in [2.24, 2.45) is 0 Å². The van der Waals surface area contributed by atoms with Crippen molar-refractivity contribution < 1.29 is 13.2 Å². The summed E-state index contributed by atoms with van der Waals surface area (Å²) in [4.78, 5) is 19.8. The van der Waals surface area contributed by atoms with Gasteiger partial charge in [-0.2, -0.15) is 18.3 Å². The molecule has 33 heavy (non-hydrogen) atoms. The molecule has 172 valence electrons. The lowest BCUT2D eigenvalue weighted by Crippen LogP contribution is -2.47. The zero-order valence-electron chi connectivity index (χ0n) is 18.0. The minimum atomic E-state index is -4.35. The first-order valence-corrected chi connectivity index (χ1v) is 10.7. The number of nitrogens with zero attached hydrogens (tertiary/aromatic N) is 7. The van der Waals surface area contributed by atoms with Crippen molar-refractivity contribution in [2.45, 2.75) is 12.1 Å². The number of imidazole rings is 1.